The second-order valence-corrected chi connectivity index (χ2v) is 9.20. The highest BCUT2D eigenvalue weighted by atomic mass is 32.1. The molecule has 1 fully saturated rings. The zero-order valence-electron chi connectivity index (χ0n) is 19.3. The molecule has 3 heterocycles. The number of thiophene rings is 1. The van der Waals surface area contributed by atoms with Crippen molar-refractivity contribution < 1.29 is 19.4 Å². The van der Waals surface area contributed by atoms with Crippen LogP contribution in [0, 0.1) is 6.92 Å². The summed E-state index contributed by atoms with van der Waals surface area (Å²) in [6, 6.07) is 11.2. The van der Waals surface area contributed by atoms with E-state index >= 15 is 0 Å². The van der Waals surface area contributed by atoms with E-state index in [1.54, 1.807) is 12.1 Å². The van der Waals surface area contributed by atoms with Crippen molar-refractivity contribution in [2.45, 2.75) is 39.5 Å². The molecule has 4 rings (SSSR count). The van der Waals surface area contributed by atoms with Gasteiger partial charge in [0.25, 0.3) is 0 Å². The molecular formula is C25H28N4O4S. The summed E-state index contributed by atoms with van der Waals surface area (Å²) in [7, 11) is 0. The van der Waals surface area contributed by atoms with Crippen molar-refractivity contribution in [2.24, 2.45) is 0 Å². The number of nitrogens with zero attached hydrogens (tertiary/aromatic N) is 3. The van der Waals surface area contributed by atoms with Crippen molar-refractivity contribution in [2.75, 3.05) is 25.0 Å². The fourth-order valence-corrected chi connectivity index (χ4v) is 4.78. The van der Waals surface area contributed by atoms with Crippen LogP contribution in [-0.4, -0.2) is 51.5 Å². The molecule has 0 aliphatic carbocycles. The maximum absolute atomic E-state index is 11.7. The number of carboxylic acid groups (broad SMARTS) is 1. The van der Waals surface area contributed by atoms with Gasteiger partial charge in [-0.3, -0.25) is 9.59 Å². The number of likely N-dealkylation sites (tertiary alicyclic amines) is 1. The van der Waals surface area contributed by atoms with E-state index in [1.807, 2.05) is 36.1 Å². The summed E-state index contributed by atoms with van der Waals surface area (Å²) in [6.07, 6.45) is 2.33. The number of carboxylic acids is 1. The number of aromatic nitrogens is 2. The van der Waals surface area contributed by atoms with Crippen LogP contribution in [0.2, 0.25) is 0 Å². The van der Waals surface area contributed by atoms with Crippen molar-refractivity contribution in [1.82, 2.24) is 14.9 Å². The van der Waals surface area contributed by atoms with Gasteiger partial charge >= 0.3 is 5.97 Å². The topological polar surface area (TPSA) is 105 Å². The third-order valence-electron chi connectivity index (χ3n) is 5.72. The van der Waals surface area contributed by atoms with Crippen LogP contribution in [-0.2, 0) is 22.4 Å². The predicted molar refractivity (Wildman–Crippen MR) is 132 cm³/mol. The van der Waals surface area contributed by atoms with Crippen LogP contribution in [0.15, 0.2) is 36.4 Å². The smallest absolute Gasteiger partial charge is 0.307 e. The lowest BCUT2D eigenvalue weighted by Gasteiger charge is -2.15. The van der Waals surface area contributed by atoms with Gasteiger partial charge in [-0.2, -0.15) is 0 Å². The summed E-state index contributed by atoms with van der Waals surface area (Å²) in [5, 5.41) is 13.1. The first-order valence-corrected chi connectivity index (χ1v) is 12.2. The molecule has 3 aromatic rings. The number of anilines is 2. The predicted octanol–water partition coefficient (Wildman–Crippen LogP) is 4.45. The summed E-state index contributed by atoms with van der Waals surface area (Å²) in [5.41, 5.74) is 3.51. The fraction of sp³-hybridized carbons (Fsp3) is 0.360. The highest BCUT2D eigenvalue weighted by molar-refractivity contribution is 7.17. The Morgan fingerprint density at radius 1 is 1.21 bits per heavy atom. The molecule has 0 bridgehead atoms. The van der Waals surface area contributed by atoms with Gasteiger partial charge in [0.2, 0.25) is 5.91 Å². The van der Waals surface area contributed by atoms with Crippen molar-refractivity contribution in [3.8, 4) is 15.8 Å². The van der Waals surface area contributed by atoms with Gasteiger partial charge < -0.3 is 20.1 Å². The summed E-state index contributed by atoms with van der Waals surface area (Å²) >= 11 is 1.48. The molecule has 1 amide bonds. The Balaban J connectivity index is 1.47. The number of aliphatic carboxylic acids is 1. The summed E-state index contributed by atoms with van der Waals surface area (Å²) in [5.74, 6) is 0.703. The number of nitrogens with one attached hydrogen (secondary N) is 1. The minimum absolute atomic E-state index is 0.00558. The molecule has 1 aromatic carbocycles. The van der Waals surface area contributed by atoms with E-state index in [2.05, 4.69) is 12.2 Å². The van der Waals surface area contributed by atoms with Gasteiger partial charge in [-0.15, -0.1) is 0 Å². The molecule has 2 N–H and O–H groups in total. The molecule has 1 aliphatic rings. The maximum atomic E-state index is 11.7. The Bertz CT molecular complexity index is 1180. The maximum Gasteiger partial charge on any atom is 0.307 e. The number of hydrogen-bond acceptors (Lipinski definition) is 7. The average Bonchev–Trinajstić information content (AvgIpc) is 3.44. The van der Waals surface area contributed by atoms with Crippen molar-refractivity contribution >= 4 is 34.7 Å². The van der Waals surface area contributed by atoms with E-state index < -0.39 is 5.97 Å². The highest BCUT2D eigenvalue weighted by Crippen LogP contribution is 2.33. The molecule has 0 spiro atoms. The third kappa shape index (κ3) is 5.72. The monoisotopic (exact) mass is 480 g/mol. The molecule has 1 aliphatic heterocycles. The molecule has 2 aromatic heterocycles. The Hall–Kier alpha value is -3.46. The normalized spacial score (nSPS) is 13.4. The molecule has 0 radical (unpaired) electrons. The molecular weight excluding hydrogens is 452 g/mol. The van der Waals surface area contributed by atoms with Crippen molar-refractivity contribution in [3.05, 3.63) is 53.2 Å². The standard InChI is InChI=1S/C25H28N4O4S/c1-3-19-16(2)26-25(28-24(19)27-18-8-6-17(7-9-18)15-22(31)32)20-10-11-23(34-20)33-14-13-29-12-4-5-21(29)30/h6-11H,3-5,12-15H2,1-2H3,(H,31,32)(H,26,27,28). The van der Waals surface area contributed by atoms with E-state index in [0.717, 1.165) is 57.7 Å². The van der Waals surface area contributed by atoms with Crippen molar-refractivity contribution in [3.63, 3.8) is 0 Å². The van der Waals surface area contributed by atoms with E-state index in [-0.39, 0.29) is 12.3 Å². The zero-order chi connectivity index (χ0) is 24.1. The fourth-order valence-electron chi connectivity index (χ4n) is 3.96. The number of rotatable bonds is 10. The zero-order valence-corrected chi connectivity index (χ0v) is 20.2. The number of amides is 1. The van der Waals surface area contributed by atoms with Gasteiger partial charge in [0, 0.05) is 29.9 Å². The van der Waals surface area contributed by atoms with Crippen molar-refractivity contribution in [1.29, 1.82) is 0 Å². The number of aryl methyl sites for hydroxylation is 1. The minimum atomic E-state index is -0.853. The first-order valence-electron chi connectivity index (χ1n) is 11.4. The number of benzene rings is 1. The van der Waals surface area contributed by atoms with Gasteiger partial charge in [0.15, 0.2) is 10.9 Å². The van der Waals surface area contributed by atoms with E-state index in [9.17, 15) is 9.59 Å². The molecule has 34 heavy (non-hydrogen) atoms. The second-order valence-electron chi connectivity index (χ2n) is 8.16. The number of ether oxygens (including phenoxy) is 1. The molecule has 8 nitrogen and oxygen atoms in total. The van der Waals surface area contributed by atoms with Crippen LogP contribution in [0.5, 0.6) is 5.06 Å². The van der Waals surface area contributed by atoms with Crippen LogP contribution in [0.1, 0.15) is 36.6 Å². The van der Waals surface area contributed by atoms with Gasteiger partial charge in [0.05, 0.1) is 17.8 Å². The Morgan fingerprint density at radius 3 is 2.68 bits per heavy atom. The van der Waals surface area contributed by atoms with Gasteiger partial charge in [-0.1, -0.05) is 30.4 Å². The summed E-state index contributed by atoms with van der Waals surface area (Å²) in [6.45, 7) is 5.92. The van der Waals surface area contributed by atoms with Crippen LogP contribution in [0.3, 0.4) is 0 Å². The molecule has 178 valence electrons. The average molecular weight is 481 g/mol. The van der Waals surface area contributed by atoms with Crippen LogP contribution >= 0.6 is 11.3 Å². The van der Waals surface area contributed by atoms with E-state index in [4.69, 9.17) is 19.8 Å². The quantitative estimate of drug-likeness (QED) is 0.442. The van der Waals surface area contributed by atoms with Gasteiger partial charge in [-0.05, 0) is 49.6 Å². The van der Waals surface area contributed by atoms with Crippen LogP contribution in [0.4, 0.5) is 11.5 Å². The van der Waals surface area contributed by atoms with Gasteiger partial charge in [-0.25, -0.2) is 9.97 Å². The molecule has 9 heteroatoms. The van der Waals surface area contributed by atoms with Gasteiger partial charge in [0.1, 0.15) is 12.4 Å². The number of hydrogen-bond donors (Lipinski definition) is 2. The first kappa shape index (κ1) is 23.7. The summed E-state index contributed by atoms with van der Waals surface area (Å²) in [4.78, 5) is 34.9. The third-order valence-corrected chi connectivity index (χ3v) is 6.71. The Kier molecular flexibility index (Phi) is 7.42. The lowest BCUT2D eigenvalue weighted by molar-refractivity contribution is -0.136. The number of carbonyl (C=O) groups excluding carboxylic acids is 1. The van der Waals surface area contributed by atoms with Crippen LogP contribution < -0.4 is 10.1 Å². The highest BCUT2D eigenvalue weighted by Gasteiger charge is 2.20. The van der Waals surface area contributed by atoms with E-state index in [1.165, 1.54) is 11.3 Å². The van der Waals surface area contributed by atoms with E-state index in [0.29, 0.717) is 25.4 Å². The molecule has 0 atom stereocenters. The van der Waals surface area contributed by atoms with Crippen LogP contribution in [0.25, 0.3) is 10.7 Å². The summed E-state index contributed by atoms with van der Waals surface area (Å²) < 4.78 is 5.87. The lowest BCUT2D eigenvalue weighted by Crippen LogP contribution is -2.29. The SMILES string of the molecule is CCc1c(C)nc(-c2ccc(OCCN3CCCC3=O)s2)nc1Nc1ccc(CC(=O)O)cc1. The molecule has 0 saturated carbocycles. The lowest BCUT2D eigenvalue weighted by atomic mass is 10.1. The number of carbonyl (C=O) groups is 2. The minimum Gasteiger partial charge on any atom is -0.482 e. The Labute approximate surface area is 202 Å². The second kappa shape index (κ2) is 10.6. The molecule has 0 unspecified atom stereocenters. The first-order chi connectivity index (χ1) is 16.4. The Morgan fingerprint density at radius 2 is 2.00 bits per heavy atom. The molecule has 1 saturated heterocycles. The largest absolute Gasteiger partial charge is 0.482 e.